The average Bonchev–Trinajstić information content (AvgIpc) is 2.49. The van der Waals surface area contributed by atoms with Gasteiger partial charge >= 0.3 is 0 Å². The number of nitrogens with zero attached hydrogens (tertiary/aromatic N) is 1. The molecule has 1 aliphatic rings. The summed E-state index contributed by atoms with van der Waals surface area (Å²) in [6.07, 6.45) is -0.417. The van der Waals surface area contributed by atoms with Gasteiger partial charge in [0, 0.05) is 11.3 Å². The highest BCUT2D eigenvalue weighted by Crippen LogP contribution is 2.31. The van der Waals surface area contributed by atoms with Crippen LogP contribution in [0.15, 0.2) is 65.7 Å². The van der Waals surface area contributed by atoms with Crippen LogP contribution in [0.3, 0.4) is 0 Å². The third-order valence-electron chi connectivity index (χ3n) is 3.17. The molecule has 1 aliphatic heterocycles. The van der Waals surface area contributed by atoms with E-state index in [4.69, 9.17) is 4.99 Å². The van der Waals surface area contributed by atoms with E-state index in [9.17, 15) is 5.11 Å². The Morgan fingerprint density at radius 1 is 0.947 bits per heavy atom. The van der Waals surface area contributed by atoms with Gasteiger partial charge in [0.15, 0.2) is 0 Å². The molecule has 0 fully saturated rings. The summed E-state index contributed by atoms with van der Waals surface area (Å²) in [7, 11) is 0. The van der Waals surface area contributed by atoms with Crippen molar-refractivity contribution in [2.45, 2.75) is 12.1 Å². The summed E-state index contributed by atoms with van der Waals surface area (Å²) in [5, 5.41) is 11.2. The van der Waals surface area contributed by atoms with E-state index in [1.165, 1.54) is 0 Å². The highest BCUT2D eigenvalue weighted by atomic mass is 32.2. The fourth-order valence-electron chi connectivity index (χ4n) is 2.19. The Hall–Kier alpha value is -1.58. The van der Waals surface area contributed by atoms with Crippen LogP contribution in [-0.2, 0) is 0 Å². The Bertz CT molecular complexity index is 568. The van der Waals surface area contributed by atoms with E-state index in [0.29, 0.717) is 5.75 Å². The van der Waals surface area contributed by atoms with E-state index < -0.39 is 6.10 Å². The van der Waals surface area contributed by atoms with Crippen molar-refractivity contribution in [3.63, 3.8) is 0 Å². The van der Waals surface area contributed by atoms with Crippen LogP contribution in [-0.4, -0.2) is 22.0 Å². The maximum Gasteiger partial charge on any atom is 0.103 e. The molecular weight excluding hydrogens is 254 g/mol. The summed E-state index contributed by atoms with van der Waals surface area (Å²) in [6.45, 7) is 0. The number of aliphatic hydroxyl groups excluding tert-OH is 1. The Labute approximate surface area is 117 Å². The zero-order valence-electron chi connectivity index (χ0n) is 10.4. The van der Waals surface area contributed by atoms with Gasteiger partial charge in [-0.15, -0.1) is 11.8 Å². The number of hydrogen-bond donors (Lipinski definition) is 1. The second-order valence-electron chi connectivity index (χ2n) is 4.53. The van der Waals surface area contributed by atoms with Gasteiger partial charge in [-0.05, 0) is 5.56 Å². The van der Waals surface area contributed by atoms with Gasteiger partial charge in [-0.25, -0.2) is 0 Å². The molecule has 0 aliphatic carbocycles. The summed E-state index contributed by atoms with van der Waals surface area (Å²) >= 11 is 1.62. The van der Waals surface area contributed by atoms with E-state index in [1.807, 2.05) is 48.5 Å². The quantitative estimate of drug-likeness (QED) is 0.907. The van der Waals surface area contributed by atoms with Crippen LogP contribution in [0.1, 0.15) is 17.2 Å². The maximum atomic E-state index is 10.2. The van der Waals surface area contributed by atoms with Crippen molar-refractivity contribution in [2.24, 2.45) is 4.99 Å². The van der Waals surface area contributed by atoms with Crippen molar-refractivity contribution < 1.29 is 5.11 Å². The molecule has 0 aromatic heterocycles. The predicted octanol–water partition coefficient (Wildman–Crippen LogP) is 3.28. The van der Waals surface area contributed by atoms with Gasteiger partial charge < -0.3 is 5.11 Å². The highest BCUT2D eigenvalue weighted by molar-refractivity contribution is 8.14. The normalized spacial score (nSPS) is 22.9. The fraction of sp³-hybridized carbons (Fsp3) is 0.188. The molecule has 1 N–H and O–H groups in total. The standard InChI is InChI=1S/C16H15NOS/c18-14-11-19-16(13-9-5-2-6-10-13)17-15(14)12-7-3-1-4-8-12/h1-10,14-15,18H,11H2. The summed E-state index contributed by atoms with van der Waals surface area (Å²) in [5.41, 5.74) is 2.20. The van der Waals surface area contributed by atoms with Gasteiger partial charge in [-0.2, -0.15) is 0 Å². The lowest BCUT2D eigenvalue weighted by atomic mass is 10.0. The molecule has 19 heavy (non-hydrogen) atoms. The first-order chi connectivity index (χ1) is 9.34. The van der Waals surface area contributed by atoms with Crippen LogP contribution in [0, 0.1) is 0 Å². The van der Waals surface area contributed by atoms with Crippen molar-refractivity contribution >= 4 is 16.8 Å². The van der Waals surface area contributed by atoms with E-state index >= 15 is 0 Å². The second-order valence-corrected chi connectivity index (χ2v) is 5.54. The molecule has 0 saturated heterocycles. The zero-order chi connectivity index (χ0) is 13.1. The monoisotopic (exact) mass is 269 g/mol. The number of aliphatic imine (C=N–C) groups is 1. The lowest BCUT2D eigenvalue weighted by molar-refractivity contribution is 0.169. The average molecular weight is 269 g/mol. The van der Waals surface area contributed by atoms with Gasteiger partial charge in [0.2, 0.25) is 0 Å². The SMILES string of the molecule is OC1CSC(c2ccccc2)=NC1c1ccccc1. The number of rotatable bonds is 2. The van der Waals surface area contributed by atoms with E-state index in [0.717, 1.165) is 16.2 Å². The van der Waals surface area contributed by atoms with Crippen LogP contribution in [0.25, 0.3) is 0 Å². The summed E-state index contributed by atoms with van der Waals surface area (Å²) in [4.78, 5) is 4.73. The fourth-order valence-corrected chi connectivity index (χ4v) is 3.19. The number of benzene rings is 2. The van der Waals surface area contributed by atoms with Gasteiger partial charge in [0.05, 0.1) is 11.1 Å². The first-order valence-corrected chi connectivity index (χ1v) is 7.32. The first kappa shape index (κ1) is 12.5. The van der Waals surface area contributed by atoms with Crippen molar-refractivity contribution in [1.82, 2.24) is 0 Å². The molecule has 2 aromatic carbocycles. The maximum absolute atomic E-state index is 10.2. The summed E-state index contributed by atoms with van der Waals surface area (Å²) in [5.74, 6) is 0.688. The molecule has 0 amide bonds. The van der Waals surface area contributed by atoms with Gasteiger partial charge in [-0.1, -0.05) is 60.7 Å². The van der Waals surface area contributed by atoms with Crippen LogP contribution < -0.4 is 0 Å². The third kappa shape index (κ3) is 2.72. The van der Waals surface area contributed by atoms with E-state index in [-0.39, 0.29) is 6.04 Å². The van der Waals surface area contributed by atoms with Crippen LogP contribution in [0.4, 0.5) is 0 Å². The zero-order valence-corrected chi connectivity index (χ0v) is 11.3. The molecule has 0 bridgehead atoms. The van der Waals surface area contributed by atoms with Crippen molar-refractivity contribution in [2.75, 3.05) is 5.75 Å². The minimum absolute atomic E-state index is 0.155. The second kappa shape index (κ2) is 5.59. The molecule has 2 atom stereocenters. The molecular formula is C16H15NOS. The number of thioether (sulfide) groups is 1. The van der Waals surface area contributed by atoms with Gasteiger partial charge in [-0.3, -0.25) is 4.99 Å². The van der Waals surface area contributed by atoms with Crippen LogP contribution in [0.5, 0.6) is 0 Å². The first-order valence-electron chi connectivity index (χ1n) is 6.33. The van der Waals surface area contributed by atoms with Crippen molar-refractivity contribution in [3.8, 4) is 0 Å². The largest absolute Gasteiger partial charge is 0.390 e. The molecule has 2 nitrogen and oxygen atoms in total. The lowest BCUT2D eigenvalue weighted by Gasteiger charge is -2.25. The van der Waals surface area contributed by atoms with Gasteiger partial charge in [0.1, 0.15) is 6.04 Å². The van der Waals surface area contributed by atoms with Crippen molar-refractivity contribution in [3.05, 3.63) is 71.8 Å². The smallest absolute Gasteiger partial charge is 0.103 e. The van der Waals surface area contributed by atoms with Crippen LogP contribution in [0.2, 0.25) is 0 Å². The molecule has 2 aromatic rings. The molecule has 96 valence electrons. The Morgan fingerprint density at radius 2 is 1.58 bits per heavy atom. The summed E-state index contributed by atoms with van der Waals surface area (Å²) in [6, 6.07) is 20.0. The van der Waals surface area contributed by atoms with E-state index in [2.05, 4.69) is 12.1 Å². The lowest BCUT2D eigenvalue weighted by Crippen LogP contribution is -2.25. The molecule has 0 spiro atoms. The topological polar surface area (TPSA) is 32.6 Å². The third-order valence-corrected chi connectivity index (χ3v) is 4.30. The number of hydrogen-bond acceptors (Lipinski definition) is 3. The molecule has 2 unspecified atom stereocenters. The molecule has 3 heteroatoms. The van der Waals surface area contributed by atoms with Crippen LogP contribution >= 0.6 is 11.8 Å². The molecule has 1 heterocycles. The molecule has 0 saturated carbocycles. The van der Waals surface area contributed by atoms with Gasteiger partial charge in [0.25, 0.3) is 0 Å². The minimum atomic E-state index is -0.417. The minimum Gasteiger partial charge on any atom is -0.390 e. The van der Waals surface area contributed by atoms with Crippen molar-refractivity contribution in [1.29, 1.82) is 0 Å². The molecule has 0 radical (unpaired) electrons. The Kier molecular flexibility index (Phi) is 3.67. The molecule has 3 rings (SSSR count). The predicted molar refractivity (Wildman–Crippen MR) is 80.6 cm³/mol. The Morgan fingerprint density at radius 3 is 2.26 bits per heavy atom. The van der Waals surface area contributed by atoms with E-state index in [1.54, 1.807) is 11.8 Å². The Balaban J connectivity index is 1.96. The highest BCUT2D eigenvalue weighted by Gasteiger charge is 2.26. The summed E-state index contributed by atoms with van der Waals surface area (Å²) < 4.78 is 0. The number of aliphatic hydroxyl groups is 1.